The predicted molar refractivity (Wildman–Crippen MR) is 167 cm³/mol. The molecule has 2 aliphatic heterocycles. The van der Waals surface area contributed by atoms with E-state index < -0.39 is 118 Å². The van der Waals surface area contributed by atoms with Crippen LogP contribution in [-0.2, 0) is 39.2 Å². The zero-order valence-electron chi connectivity index (χ0n) is 27.7. The smallest absolute Gasteiger partial charge is 0.475 e. The summed E-state index contributed by atoms with van der Waals surface area (Å²) in [6, 6.07) is -0.541. The number of rotatable bonds is 16. The molecule has 2 unspecified atom stereocenters. The molecule has 2 aromatic heterocycles. The highest BCUT2D eigenvalue weighted by molar-refractivity contribution is 7.47. The average Bonchev–Trinajstić information content (AvgIpc) is 3.63. The molecule has 0 aliphatic carbocycles. The maximum absolute atomic E-state index is 13.1. The van der Waals surface area contributed by atoms with Gasteiger partial charge in [0.15, 0.2) is 6.23 Å². The minimum atomic E-state index is -5.62. The second-order valence-corrected chi connectivity index (χ2v) is 14.1. The van der Waals surface area contributed by atoms with Gasteiger partial charge in [-0.3, -0.25) is 13.9 Å². The minimum absolute atomic E-state index is 0.116. The van der Waals surface area contributed by atoms with Crippen molar-refractivity contribution in [3.8, 4) is 0 Å². The zero-order valence-corrected chi connectivity index (χ0v) is 28.6. The zero-order chi connectivity index (χ0) is 38.7. The number of carbonyl (C=O) groups excluding carboxylic acids is 1. The van der Waals surface area contributed by atoms with Crippen LogP contribution in [0.3, 0.4) is 0 Å². The van der Waals surface area contributed by atoms with Gasteiger partial charge >= 0.3 is 19.5 Å². The highest BCUT2D eigenvalue weighted by Gasteiger charge is 2.59. The van der Waals surface area contributed by atoms with Crippen molar-refractivity contribution in [2.45, 2.75) is 100 Å². The van der Waals surface area contributed by atoms with Crippen molar-refractivity contribution in [1.82, 2.24) is 29.9 Å². The number of carboxylic acids is 1. The number of nitrogen functional groups attached to an aromatic ring is 1. The van der Waals surface area contributed by atoms with Crippen molar-refractivity contribution in [2.75, 3.05) is 18.9 Å². The highest BCUT2D eigenvalue weighted by atomic mass is 31.2. The Hall–Kier alpha value is -3.49. The number of phosphoric acid groups is 1. The topological polar surface area (TPSA) is 374 Å². The third-order valence-corrected chi connectivity index (χ3v) is 9.17. The lowest BCUT2D eigenvalue weighted by Crippen LogP contribution is -2.68. The number of amides is 1. The van der Waals surface area contributed by atoms with Crippen LogP contribution in [0.5, 0.6) is 0 Å². The number of ether oxygens (including phenoxy) is 2. The monoisotopic (exact) mass is 767 g/mol. The van der Waals surface area contributed by atoms with Crippen LogP contribution in [0.2, 0.25) is 0 Å². The fourth-order valence-corrected chi connectivity index (χ4v) is 6.53. The summed E-state index contributed by atoms with van der Waals surface area (Å²) in [5.41, 5.74) is 4.65. The molecular weight excluding hydrogens is 725 g/mol. The first-order valence-corrected chi connectivity index (χ1v) is 17.2. The summed E-state index contributed by atoms with van der Waals surface area (Å²) in [5, 5.41) is 92.5. The van der Waals surface area contributed by atoms with Crippen LogP contribution in [0.1, 0.15) is 44.7 Å². The molecule has 292 valence electrons. The van der Waals surface area contributed by atoms with Gasteiger partial charge in [-0.1, -0.05) is 19.1 Å². The summed E-state index contributed by atoms with van der Waals surface area (Å²) in [6.07, 6.45) is -14.7. The molecule has 0 spiro atoms. The van der Waals surface area contributed by atoms with Crippen LogP contribution in [0, 0.1) is 5.92 Å². The Morgan fingerprint density at radius 3 is 2.52 bits per heavy atom. The van der Waals surface area contributed by atoms with Crippen LogP contribution in [0.15, 0.2) is 23.3 Å². The number of phosphoric ester groups is 1. The Morgan fingerprint density at radius 1 is 1.21 bits per heavy atom. The molecule has 52 heavy (non-hydrogen) atoms. The van der Waals surface area contributed by atoms with Gasteiger partial charge in [0.05, 0.1) is 37.7 Å². The maximum atomic E-state index is 13.1. The lowest BCUT2D eigenvalue weighted by Gasteiger charge is -2.46. The van der Waals surface area contributed by atoms with Gasteiger partial charge in [0.2, 0.25) is 5.91 Å². The number of nitrogens with zero attached hydrogens (tertiary/aromatic N) is 5. The van der Waals surface area contributed by atoms with Crippen LogP contribution in [0.4, 0.5) is 5.82 Å². The number of nitrogens with one attached hydrogen (secondary N) is 1. The predicted octanol–water partition coefficient (Wildman–Crippen LogP) is -4.92. The quantitative estimate of drug-likeness (QED) is 0.0713. The molecule has 24 nitrogen and oxygen atoms in total. The van der Waals surface area contributed by atoms with Gasteiger partial charge in [0, 0.05) is 12.6 Å². The maximum Gasteiger partial charge on any atom is 0.475 e. The molecule has 1 amide bonds. The van der Waals surface area contributed by atoms with Crippen LogP contribution < -0.4 is 16.7 Å². The summed E-state index contributed by atoms with van der Waals surface area (Å²) in [6.45, 7) is 1.02. The first-order valence-electron chi connectivity index (χ1n) is 15.8. The van der Waals surface area contributed by atoms with Gasteiger partial charge in [-0.25, -0.2) is 23.4 Å². The molecule has 2 fully saturated rings. The van der Waals surface area contributed by atoms with E-state index in [-0.39, 0.29) is 17.4 Å². The second kappa shape index (κ2) is 16.7. The lowest BCUT2D eigenvalue weighted by atomic mass is 9.88. The van der Waals surface area contributed by atoms with Gasteiger partial charge in [-0.2, -0.15) is 4.98 Å². The molecule has 0 radical (unpaired) electrons. The van der Waals surface area contributed by atoms with E-state index in [1.807, 2.05) is 13.8 Å². The molecule has 12 N–H and O–H groups in total. The fraction of sp³-hybridized carbons (Fsp3) is 0.704. The van der Waals surface area contributed by atoms with Crippen molar-refractivity contribution in [2.24, 2.45) is 5.92 Å². The lowest BCUT2D eigenvalue weighted by molar-refractivity contribution is -0.289. The van der Waals surface area contributed by atoms with Crippen molar-refractivity contribution in [1.29, 1.82) is 0 Å². The van der Waals surface area contributed by atoms with Crippen LogP contribution in [-0.4, -0.2) is 150 Å². The Labute approximate surface area is 293 Å². The Bertz CT molecular complexity index is 1660. The summed E-state index contributed by atoms with van der Waals surface area (Å²) < 4.78 is 35.4. The molecule has 0 bridgehead atoms. The number of aliphatic hydroxyl groups is 7. The van der Waals surface area contributed by atoms with Crippen LogP contribution >= 0.6 is 7.82 Å². The van der Waals surface area contributed by atoms with E-state index in [4.69, 9.17) is 24.3 Å². The normalized spacial score (nSPS) is 30.8. The number of aromatic nitrogens is 5. The number of carboxylic acid groups (broad SMARTS) is 1. The number of anilines is 1. The van der Waals surface area contributed by atoms with Gasteiger partial charge in [0.25, 0.3) is 5.79 Å². The molecule has 4 heterocycles. The third-order valence-electron chi connectivity index (χ3n) is 8.17. The SMILES string of the molecule is CC(C)CC(O)c1cn(CC(=O)N[C@H]2[C@H]([C@H](O)[C@H](O)CO)O[C@](OP(=O)(O)OC[C@H]3O[C@@H](n4ccc(N)nc4=O)[C@H](O)[C@@H]3O)(C(=O)O)C[C@@H]2O)nn1. The largest absolute Gasteiger partial charge is 0.477 e. The highest BCUT2D eigenvalue weighted by Crippen LogP contribution is 2.51. The molecule has 0 aromatic carbocycles. The first-order chi connectivity index (χ1) is 24.3. The molecule has 2 saturated heterocycles. The van der Waals surface area contributed by atoms with E-state index in [9.17, 15) is 64.7 Å². The average molecular weight is 768 g/mol. The third kappa shape index (κ3) is 9.54. The van der Waals surface area contributed by atoms with E-state index in [2.05, 4.69) is 20.6 Å². The number of nitrogens with two attached hydrogens (primary N) is 1. The van der Waals surface area contributed by atoms with Gasteiger partial charge in [0.1, 0.15) is 54.7 Å². The Kier molecular flexibility index (Phi) is 13.2. The van der Waals surface area contributed by atoms with E-state index in [0.717, 1.165) is 15.4 Å². The molecule has 0 saturated carbocycles. The fourth-order valence-electron chi connectivity index (χ4n) is 5.57. The van der Waals surface area contributed by atoms with Crippen LogP contribution in [0.25, 0.3) is 0 Å². The number of hydrogen-bond donors (Lipinski definition) is 11. The second-order valence-electron chi connectivity index (χ2n) is 12.7. The van der Waals surface area contributed by atoms with E-state index in [1.54, 1.807) is 0 Å². The Morgan fingerprint density at radius 2 is 1.90 bits per heavy atom. The minimum Gasteiger partial charge on any atom is -0.477 e. The number of aliphatic hydroxyl groups excluding tert-OH is 7. The summed E-state index contributed by atoms with van der Waals surface area (Å²) in [7, 11) is -5.62. The van der Waals surface area contributed by atoms with E-state index >= 15 is 0 Å². The summed E-state index contributed by atoms with van der Waals surface area (Å²) in [4.78, 5) is 51.7. The van der Waals surface area contributed by atoms with Crippen molar-refractivity contribution in [3.63, 3.8) is 0 Å². The van der Waals surface area contributed by atoms with Crippen molar-refractivity contribution < 1.29 is 78.4 Å². The van der Waals surface area contributed by atoms with E-state index in [0.29, 0.717) is 6.42 Å². The van der Waals surface area contributed by atoms with E-state index in [1.165, 1.54) is 12.3 Å². The number of carbonyl (C=O) groups is 2. The Balaban J connectivity index is 1.48. The number of aliphatic carboxylic acids is 1. The molecule has 4 rings (SSSR count). The van der Waals surface area contributed by atoms with Gasteiger partial charge < -0.3 is 66.3 Å². The van der Waals surface area contributed by atoms with Crippen molar-refractivity contribution in [3.05, 3.63) is 34.6 Å². The summed E-state index contributed by atoms with van der Waals surface area (Å²) >= 11 is 0. The molecular formula is C27H42N7O17P. The first kappa shape index (κ1) is 41.3. The molecule has 2 aromatic rings. The standard InChI is InChI=1S/C27H42N7O17P/c1-11(2)5-13(36)12-7-33(32-31-12)8-18(39)30-19-14(37)6-27(25(43)44,50-23(19)20(40)15(38)9-35)51-52(46,47)48-10-16-21(41)22(42)24(49-16)34-4-3-17(28)29-26(34)45/h3-4,7,11,13-16,19-24,35-38,40-42H,5-6,8-10H2,1-2H3,(H,30,39)(H,43,44)(H,46,47)(H2,28,29,45)/t13?,14-,15+,16+,19+,20+,21+,22+,23+,24+,27+/m0/s1. The van der Waals surface area contributed by atoms with Gasteiger partial charge in [-0.15, -0.1) is 5.10 Å². The molecule has 2 aliphatic rings. The number of hydrogen-bond acceptors (Lipinski definition) is 19. The molecule has 25 heteroatoms. The summed E-state index contributed by atoms with van der Waals surface area (Å²) in [5.74, 6) is -6.39. The molecule has 12 atom stereocenters. The van der Waals surface area contributed by atoms with Gasteiger partial charge in [-0.05, 0) is 18.4 Å². The van der Waals surface area contributed by atoms with Crippen molar-refractivity contribution >= 4 is 25.5 Å².